The highest BCUT2D eigenvalue weighted by Crippen LogP contribution is 2.24. The highest BCUT2D eigenvalue weighted by molar-refractivity contribution is 7.13. The second-order valence-corrected chi connectivity index (χ2v) is 4.25. The summed E-state index contributed by atoms with van der Waals surface area (Å²) < 4.78 is 5.59. The van der Waals surface area contributed by atoms with E-state index in [1.807, 2.05) is 35.7 Å². The Morgan fingerprint density at radius 2 is 2.00 bits per heavy atom. The third-order valence-electron chi connectivity index (χ3n) is 2.19. The largest absolute Gasteiger partial charge is 0.420 e. The van der Waals surface area contributed by atoms with Crippen molar-refractivity contribution < 1.29 is 4.42 Å². The Hall–Kier alpha value is -2.14. The van der Waals surface area contributed by atoms with Gasteiger partial charge in [-0.2, -0.15) is 0 Å². The summed E-state index contributed by atoms with van der Waals surface area (Å²) in [6.07, 6.45) is 3.39. The van der Waals surface area contributed by atoms with E-state index in [1.54, 1.807) is 12.4 Å². The number of thiazole rings is 1. The Bertz CT molecular complexity index is 589. The molecule has 0 fully saturated rings. The molecule has 2 heterocycles. The Labute approximate surface area is 102 Å². The highest BCUT2D eigenvalue weighted by Gasteiger charge is 2.06. The van der Waals surface area contributed by atoms with Crippen molar-refractivity contribution in [2.75, 3.05) is 5.32 Å². The number of oxazole rings is 1. The number of nitrogens with zero attached hydrogens (tertiary/aromatic N) is 2. The lowest BCUT2D eigenvalue weighted by Crippen LogP contribution is -1.85. The molecule has 1 N–H and O–H groups in total. The minimum atomic E-state index is 0.596. The van der Waals surface area contributed by atoms with Crippen LogP contribution in [0.1, 0.15) is 0 Å². The number of hydrogen-bond donors (Lipinski definition) is 1. The lowest BCUT2D eigenvalue weighted by molar-refractivity contribution is 0.591. The van der Waals surface area contributed by atoms with Crippen LogP contribution in [0.2, 0.25) is 0 Å². The molecule has 0 saturated carbocycles. The van der Waals surface area contributed by atoms with E-state index < -0.39 is 0 Å². The van der Waals surface area contributed by atoms with Crippen molar-refractivity contribution in [2.24, 2.45) is 0 Å². The van der Waals surface area contributed by atoms with Crippen LogP contribution in [0.5, 0.6) is 0 Å². The Morgan fingerprint density at radius 3 is 2.76 bits per heavy atom. The SMILES string of the molecule is c1ccc(-c2ncc(Nc3nccs3)o2)cc1. The molecular formula is C12H9N3OS. The zero-order valence-electron chi connectivity index (χ0n) is 8.83. The van der Waals surface area contributed by atoms with Gasteiger partial charge in [-0.1, -0.05) is 18.2 Å². The molecule has 3 rings (SSSR count). The second kappa shape index (κ2) is 4.39. The van der Waals surface area contributed by atoms with Crippen LogP contribution in [0.3, 0.4) is 0 Å². The van der Waals surface area contributed by atoms with Crippen LogP contribution >= 0.6 is 11.3 Å². The Kier molecular flexibility index (Phi) is 2.59. The van der Waals surface area contributed by atoms with Crippen molar-refractivity contribution in [3.63, 3.8) is 0 Å². The first-order valence-electron chi connectivity index (χ1n) is 5.09. The fourth-order valence-electron chi connectivity index (χ4n) is 1.44. The highest BCUT2D eigenvalue weighted by atomic mass is 32.1. The first-order chi connectivity index (χ1) is 8.42. The van der Waals surface area contributed by atoms with E-state index in [9.17, 15) is 0 Å². The topological polar surface area (TPSA) is 51.0 Å². The van der Waals surface area contributed by atoms with E-state index >= 15 is 0 Å². The number of rotatable bonds is 3. The van der Waals surface area contributed by atoms with Crippen LogP contribution in [0.4, 0.5) is 11.0 Å². The van der Waals surface area contributed by atoms with Crippen LogP contribution in [0.15, 0.2) is 52.5 Å². The molecule has 0 aliphatic rings. The molecule has 0 bridgehead atoms. The predicted molar refractivity (Wildman–Crippen MR) is 67.3 cm³/mol. The Morgan fingerprint density at radius 1 is 1.12 bits per heavy atom. The summed E-state index contributed by atoms with van der Waals surface area (Å²) in [6.45, 7) is 0. The van der Waals surface area contributed by atoms with Crippen molar-refractivity contribution in [3.05, 3.63) is 48.1 Å². The van der Waals surface area contributed by atoms with E-state index in [4.69, 9.17) is 4.42 Å². The summed E-state index contributed by atoms with van der Waals surface area (Å²) >= 11 is 1.51. The maximum atomic E-state index is 5.59. The number of hydrogen-bond acceptors (Lipinski definition) is 5. The molecule has 0 aliphatic carbocycles. The van der Waals surface area contributed by atoms with E-state index in [0.717, 1.165) is 10.7 Å². The number of aromatic nitrogens is 2. The average Bonchev–Trinajstić information content (AvgIpc) is 3.02. The van der Waals surface area contributed by atoms with Crippen LogP contribution < -0.4 is 5.32 Å². The van der Waals surface area contributed by atoms with E-state index in [2.05, 4.69) is 15.3 Å². The molecule has 84 valence electrons. The molecule has 0 radical (unpaired) electrons. The quantitative estimate of drug-likeness (QED) is 0.764. The van der Waals surface area contributed by atoms with Gasteiger partial charge in [-0.15, -0.1) is 11.3 Å². The van der Waals surface area contributed by atoms with E-state index in [0.29, 0.717) is 11.8 Å². The van der Waals surface area contributed by atoms with Crippen molar-refractivity contribution >= 4 is 22.4 Å². The molecule has 0 unspecified atom stereocenters. The molecule has 1 aromatic carbocycles. The fraction of sp³-hybridized carbons (Fsp3) is 0. The van der Waals surface area contributed by atoms with Gasteiger partial charge in [0.1, 0.15) is 0 Å². The standard InChI is InChI=1S/C12H9N3OS/c1-2-4-9(5-3-1)11-14-8-10(16-11)15-12-13-6-7-17-12/h1-8H,(H,13,15). The maximum Gasteiger partial charge on any atom is 0.228 e. The third kappa shape index (κ3) is 2.19. The third-order valence-corrected chi connectivity index (χ3v) is 2.88. The van der Waals surface area contributed by atoms with Gasteiger partial charge in [0.2, 0.25) is 11.8 Å². The van der Waals surface area contributed by atoms with Gasteiger partial charge in [0.05, 0.1) is 6.20 Å². The van der Waals surface area contributed by atoms with Gasteiger partial charge in [0, 0.05) is 17.1 Å². The maximum absolute atomic E-state index is 5.59. The molecule has 3 aromatic rings. The number of nitrogens with one attached hydrogen (secondary N) is 1. The van der Waals surface area contributed by atoms with Crippen LogP contribution in [0.25, 0.3) is 11.5 Å². The molecular weight excluding hydrogens is 234 g/mol. The molecule has 2 aromatic heterocycles. The molecule has 0 atom stereocenters. The lowest BCUT2D eigenvalue weighted by Gasteiger charge is -1.96. The molecule has 5 heteroatoms. The average molecular weight is 243 g/mol. The first kappa shape index (κ1) is 10.0. The molecule has 0 amide bonds. The summed E-state index contributed by atoms with van der Waals surface area (Å²) in [5.41, 5.74) is 0.958. The summed E-state index contributed by atoms with van der Waals surface area (Å²) in [5.74, 6) is 1.20. The predicted octanol–water partition coefficient (Wildman–Crippen LogP) is 3.54. The lowest BCUT2D eigenvalue weighted by atomic mass is 10.2. The monoisotopic (exact) mass is 243 g/mol. The molecule has 17 heavy (non-hydrogen) atoms. The van der Waals surface area contributed by atoms with Gasteiger partial charge in [-0.25, -0.2) is 9.97 Å². The van der Waals surface area contributed by atoms with Gasteiger partial charge in [0.15, 0.2) is 5.13 Å². The molecule has 0 spiro atoms. The smallest absolute Gasteiger partial charge is 0.228 e. The molecule has 0 saturated heterocycles. The van der Waals surface area contributed by atoms with Crippen LogP contribution in [-0.2, 0) is 0 Å². The number of benzene rings is 1. The van der Waals surface area contributed by atoms with Gasteiger partial charge >= 0.3 is 0 Å². The zero-order chi connectivity index (χ0) is 11.5. The van der Waals surface area contributed by atoms with Gasteiger partial charge in [0.25, 0.3) is 0 Å². The van der Waals surface area contributed by atoms with Gasteiger partial charge < -0.3 is 9.73 Å². The fourth-order valence-corrected chi connectivity index (χ4v) is 1.97. The zero-order valence-corrected chi connectivity index (χ0v) is 9.65. The normalized spacial score (nSPS) is 10.4. The molecule has 4 nitrogen and oxygen atoms in total. The summed E-state index contributed by atoms with van der Waals surface area (Å²) in [7, 11) is 0. The summed E-state index contributed by atoms with van der Waals surface area (Å²) in [5, 5.41) is 5.74. The van der Waals surface area contributed by atoms with Crippen LogP contribution in [0, 0.1) is 0 Å². The minimum Gasteiger partial charge on any atom is -0.420 e. The van der Waals surface area contributed by atoms with Crippen molar-refractivity contribution in [1.29, 1.82) is 0 Å². The van der Waals surface area contributed by atoms with Crippen molar-refractivity contribution in [2.45, 2.75) is 0 Å². The molecule has 0 aliphatic heterocycles. The van der Waals surface area contributed by atoms with Crippen molar-refractivity contribution in [1.82, 2.24) is 9.97 Å². The van der Waals surface area contributed by atoms with Gasteiger partial charge in [-0.3, -0.25) is 0 Å². The van der Waals surface area contributed by atoms with E-state index in [-0.39, 0.29) is 0 Å². The Balaban J connectivity index is 1.84. The second-order valence-electron chi connectivity index (χ2n) is 3.36. The number of anilines is 2. The minimum absolute atomic E-state index is 0.596. The van der Waals surface area contributed by atoms with Crippen molar-refractivity contribution in [3.8, 4) is 11.5 Å². The van der Waals surface area contributed by atoms with E-state index in [1.165, 1.54) is 11.3 Å². The summed E-state index contributed by atoms with van der Waals surface area (Å²) in [6, 6.07) is 9.78. The first-order valence-corrected chi connectivity index (χ1v) is 5.97. The summed E-state index contributed by atoms with van der Waals surface area (Å²) in [4.78, 5) is 8.33. The van der Waals surface area contributed by atoms with Crippen LogP contribution in [-0.4, -0.2) is 9.97 Å². The van der Waals surface area contributed by atoms with Gasteiger partial charge in [-0.05, 0) is 12.1 Å².